The molecule has 1 N–H and O–H groups in total. The van der Waals surface area contributed by atoms with Gasteiger partial charge in [0.2, 0.25) is 5.91 Å². The second-order valence-corrected chi connectivity index (χ2v) is 6.39. The highest BCUT2D eigenvalue weighted by Gasteiger charge is 2.12. The molecule has 4 rings (SSSR count). The molecule has 0 atom stereocenters. The Labute approximate surface area is 154 Å². The number of rotatable bonds is 4. The molecular weight excluding hydrogens is 350 g/mol. The van der Waals surface area contributed by atoms with Crippen LogP contribution >= 0.6 is 11.6 Å². The molecule has 0 aliphatic carbocycles. The van der Waals surface area contributed by atoms with Crippen molar-refractivity contribution in [1.82, 2.24) is 8.97 Å². The van der Waals surface area contributed by atoms with E-state index in [2.05, 4.69) is 5.32 Å². The maximum Gasteiger partial charge on any atom is 0.275 e. The van der Waals surface area contributed by atoms with E-state index in [1.165, 1.54) is 0 Å². The molecule has 0 bridgehead atoms. The van der Waals surface area contributed by atoms with Crippen LogP contribution in [0.5, 0.6) is 0 Å². The van der Waals surface area contributed by atoms with Crippen molar-refractivity contribution in [2.75, 3.05) is 5.32 Å². The highest BCUT2D eigenvalue weighted by Crippen LogP contribution is 2.21. The van der Waals surface area contributed by atoms with E-state index in [0.717, 1.165) is 11.0 Å². The van der Waals surface area contributed by atoms with Crippen LogP contribution < -0.4 is 10.9 Å². The first-order valence-corrected chi connectivity index (χ1v) is 8.66. The van der Waals surface area contributed by atoms with Gasteiger partial charge in [0.1, 0.15) is 5.52 Å². The van der Waals surface area contributed by atoms with Gasteiger partial charge in [-0.25, -0.2) is 0 Å². The van der Waals surface area contributed by atoms with Crippen molar-refractivity contribution >= 4 is 39.7 Å². The van der Waals surface area contributed by atoms with Gasteiger partial charge < -0.3 is 14.3 Å². The number of fused-ring (bicyclic) bond motifs is 3. The van der Waals surface area contributed by atoms with Crippen LogP contribution in [0.2, 0.25) is 5.02 Å². The number of nitrogens with zero attached hydrogens (tertiary/aromatic N) is 2. The number of hydrogen-bond acceptors (Lipinski definition) is 2. The van der Waals surface area contributed by atoms with E-state index in [1.54, 1.807) is 34.9 Å². The van der Waals surface area contributed by atoms with Crippen LogP contribution in [0.1, 0.15) is 6.42 Å². The number of aromatic nitrogens is 2. The fourth-order valence-electron chi connectivity index (χ4n) is 3.12. The molecular formula is C20H16ClN3O2. The van der Waals surface area contributed by atoms with E-state index in [1.807, 2.05) is 40.9 Å². The fraction of sp³-hybridized carbons (Fsp3) is 0.100. The molecule has 0 aliphatic heterocycles. The molecule has 1 amide bonds. The van der Waals surface area contributed by atoms with E-state index in [-0.39, 0.29) is 24.4 Å². The number of anilines is 1. The first-order valence-electron chi connectivity index (χ1n) is 8.28. The number of amides is 1. The number of hydrogen-bond donors (Lipinski definition) is 1. The second kappa shape index (κ2) is 6.69. The molecule has 0 saturated heterocycles. The average Bonchev–Trinajstić information content (AvgIpc) is 3.14. The van der Waals surface area contributed by atoms with E-state index >= 15 is 0 Å². The first kappa shape index (κ1) is 16.4. The zero-order valence-corrected chi connectivity index (χ0v) is 14.6. The summed E-state index contributed by atoms with van der Waals surface area (Å²) in [5.41, 5.74) is 2.78. The third-order valence-corrected chi connectivity index (χ3v) is 4.69. The Bertz CT molecular complexity index is 1180. The molecule has 0 aliphatic rings. The molecule has 0 unspecified atom stereocenters. The van der Waals surface area contributed by atoms with Gasteiger partial charge in [0.15, 0.2) is 0 Å². The predicted octanol–water partition coefficient (Wildman–Crippen LogP) is 3.94. The van der Waals surface area contributed by atoms with Gasteiger partial charge in [0.05, 0.1) is 21.7 Å². The van der Waals surface area contributed by atoms with Gasteiger partial charge in [-0.1, -0.05) is 35.9 Å². The molecule has 0 spiro atoms. The van der Waals surface area contributed by atoms with Crippen LogP contribution in [0.15, 0.2) is 71.7 Å². The van der Waals surface area contributed by atoms with Crippen molar-refractivity contribution in [2.45, 2.75) is 13.0 Å². The molecule has 4 aromatic rings. The Morgan fingerprint density at radius 3 is 2.42 bits per heavy atom. The molecule has 2 heterocycles. The Kier molecular flexibility index (Phi) is 4.22. The largest absolute Gasteiger partial charge is 0.325 e. The average molecular weight is 366 g/mol. The highest BCUT2D eigenvalue weighted by molar-refractivity contribution is 6.33. The molecule has 0 fully saturated rings. The number of aryl methyl sites for hydroxylation is 1. The number of nitrogens with one attached hydrogen (secondary N) is 1. The van der Waals surface area contributed by atoms with Gasteiger partial charge in [-0.05, 0) is 36.4 Å². The molecule has 130 valence electrons. The van der Waals surface area contributed by atoms with Gasteiger partial charge in [0, 0.05) is 19.2 Å². The molecule has 2 aromatic carbocycles. The third kappa shape index (κ3) is 2.86. The van der Waals surface area contributed by atoms with E-state index in [4.69, 9.17) is 11.6 Å². The van der Waals surface area contributed by atoms with E-state index < -0.39 is 0 Å². The standard InChI is InChI=1S/C20H16ClN3O2/c21-14-6-1-2-7-15(14)22-19(25)11-13-24-17-9-4-3-8-16(17)23-12-5-10-18(23)20(24)26/h1-10,12H,11,13H2,(H,22,25). The van der Waals surface area contributed by atoms with Gasteiger partial charge in [-0.2, -0.15) is 0 Å². The monoisotopic (exact) mass is 365 g/mol. The van der Waals surface area contributed by atoms with Gasteiger partial charge in [-0.3, -0.25) is 9.59 Å². The van der Waals surface area contributed by atoms with Crippen LogP contribution in [0.4, 0.5) is 5.69 Å². The van der Waals surface area contributed by atoms with E-state index in [9.17, 15) is 9.59 Å². The summed E-state index contributed by atoms with van der Waals surface area (Å²) in [4.78, 5) is 25.1. The fourth-order valence-corrected chi connectivity index (χ4v) is 3.30. The Morgan fingerprint density at radius 2 is 1.62 bits per heavy atom. The minimum Gasteiger partial charge on any atom is -0.325 e. The summed E-state index contributed by atoms with van der Waals surface area (Å²) in [6.45, 7) is 0.289. The summed E-state index contributed by atoms with van der Waals surface area (Å²) in [5, 5.41) is 3.27. The topological polar surface area (TPSA) is 55.5 Å². The summed E-state index contributed by atoms with van der Waals surface area (Å²) < 4.78 is 3.52. The van der Waals surface area contributed by atoms with Crippen molar-refractivity contribution in [1.29, 1.82) is 0 Å². The normalized spacial score (nSPS) is 11.1. The van der Waals surface area contributed by atoms with Crippen LogP contribution in [-0.4, -0.2) is 14.9 Å². The molecule has 6 heteroatoms. The van der Waals surface area contributed by atoms with Crippen molar-refractivity contribution < 1.29 is 4.79 Å². The first-order chi connectivity index (χ1) is 12.6. The van der Waals surface area contributed by atoms with E-state index in [0.29, 0.717) is 16.2 Å². The van der Waals surface area contributed by atoms with Gasteiger partial charge in [0.25, 0.3) is 5.56 Å². The zero-order chi connectivity index (χ0) is 18.1. The number of benzene rings is 2. The smallest absolute Gasteiger partial charge is 0.275 e. The lowest BCUT2D eigenvalue weighted by Crippen LogP contribution is -2.25. The van der Waals surface area contributed by atoms with Gasteiger partial charge in [-0.15, -0.1) is 0 Å². The number of para-hydroxylation sites is 3. The third-order valence-electron chi connectivity index (χ3n) is 4.36. The zero-order valence-electron chi connectivity index (χ0n) is 13.9. The lowest BCUT2D eigenvalue weighted by atomic mass is 10.2. The number of carbonyl (C=O) groups excluding carboxylic acids is 1. The van der Waals surface area contributed by atoms with Crippen molar-refractivity contribution in [2.24, 2.45) is 0 Å². The lowest BCUT2D eigenvalue weighted by molar-refractivity contribution is -0.116. The molecule has 0 saturated carbocycles. The number of carbonyl (C=O) groups is 1. The SMILES string of the molecule is O=C(CCn1c(=O)c2cccn2c2ccccc21)Nc1ccccc1Cl. The molecule has 26 heavy (non-hydrogen) atoms. The van der Waals surface area contributed by atoms with Crippen molar-refractivity contribution in [3.8, 4) is 0 Å². The highest BCUT2D eigenvalue weighted by atomic mass is 35.5. The summed E-state index contributed by atoms with van der Waals surface area (Å²) in [6, 6.07) is 18.4. The Balaban J connectivity index is 1.64. The maximum atomic E-state index is 12.8. The molecule has 5 nitrogen and oxygen atoms in total. The Morgan fingerprint density at radius 1 is 0.923 bits per heavy atom. The van der Waals surface area contributed by atoms with Crippen molar-refractivity contribution in [3.05, 3.63) is 82.2 Å². The molecule has 0 radical (unpaired) electrons. The maximum absolute atomic E-state index is 12.8. The minimum absolute atomic E-state index is 0.112. The van der Waals surface area contributed by atoms with Crippen molar-refractivity contribution in [3.63, 3.8) is 0 Å². The van der Waals surface area contributed by atoms with Crippen LogP contribution in [0, 0.1) is 0 Å². The van der Waals surface area contributed by atoms with Crippen LogP contribution in [-0.2, 0) is 11.3 Å². The summed E-state index contributed by atoms with van der Waals surface area (Å²) in [7, 11) is 0. The predicted molar refractivity (Wildman–Crippen MR) is 104 cm³/mol. The number of halogens is 1. The summed E-state index contributed by atoms with van der Waals surface area (Å²) in [5.74, 6) is -0.190. The summed E-state index contributed by atoms with van der Waals surface area (Å²) in [6.07, 6.45) is 2.04. The Hall–Kier alpha value is -3.05. The van der Waals surface area contributed by atoms with Gasteiger partial charge >= 0.3 is 0 Å². The quantitative estimate of drug-likeness (QED) is 0.595. The minimum atomic E-state index is -0.190. The van der Waals surface area contributed by atoms with Crippen LogP contribution in [0.25, 0.3) is 16.6 Å². The summed E-state index contributed by atoms with van der Waals surface area (Å²) >= 11 is 6.07. The molecule has 2 aromatic heterocycles. The second-order valence-electron chi connectivity index (χ2n) is 5.99. The van der Waals surface area contributed by atoms with Crippen LogP contribution in [0.3, 0.4) is 0 Å². The lowest BCUT2D eigenvalue weighted by Gasteiger charge is -2.13.